The van der Waals surface area contributed by atoms with Gasteiger partial charge in [0.25, 0.3) is 0 Å². The Morgan fingerprint density at radius 2 is 2.21 bits per heavy atom. The predicted molar refractivity (Wildman–Crippen MR) is 60.5 cm³/mol. The van der Waals surface area contributed by atoms with Crippen molar-refractivity contribution in [2.45, 2.75) is 33.2 Å². The van der Waals surface area contributed by atoms with Crippen molar-refractivity contribution >= 4 is 15.9 Å². The summed E-state index contributed by atoms with van der Waals surface area (Å²) >= 11 is 3.43. The molecule has 4 heteroatoms. The summed E-state index contributed by atoms with van der Waals surface area (Å²) in [6.45, 7) is 6.52. The predicted octanol–water partition coefficient (Wildman–Crippen LogP) is 2.98. The first-order valence-corrected chi connectivity index (χ1v) is 5.42. The molecule has 1 unspecified atom stereocenters. The van der Waals surface area contributed by atoms with E-state index in [4.69, 9.17) is 10.3 Å². The van der Waals surface area contributed by atoms with Crippen LogP contribution in [0.4, 0.5) is 0 Å². The summed E-state index contributed by atoms with van der Waals surface area (Å²) in [5.74, 6) is 6.37. The van der Waals surface area contributed by atoms with Gasteiger partial charge in [-0.25, -0.2) is 5.43 Å². The van der Waals surface area contributed by atoms with Gasteiger partial charge in [0.1, 0.15) is 5.76 Å². The highest BCUT2D eigenvalue weighted by molar-refractivity contribution is 9.10. The molecule has 0 aromatic carbocycles. The Bertz CT molecular complexity index is 291. The molecular weight excluding hydrogens is 244 g/mol. The molecule has 0 amide bonds. The van der Waals surface area contributed by atoms with Crippen molar-refractivity contribution in [3.05, 3.63) is 22.6 Å². The lowest BCUT2D eigenvalue weighted by Gasteiger charge is -2.24. The van der Waals surface area contributed by atoms with Crippen LogP contribution >= 0.6 is 15.9 Å². The van der Waals surface area contributed by atoms with Gasteiger partial charge in [0.15, 0.2) is 0 Å². The van der Waals surface area contributed by atoms with E-state index in [9.17, 15) is 0 Å². The molecule has 1 atom stereocenters. The van der Waals surface area contributed by atoms with Crippen LogP contribution in [-0.2, 0) is 0 Å². The monoisotopic (exact) mass is 260 g/mol. The third kappa shape index (κ3) is 3.12. The number of hydrogen-bond acceptors (Lipinski definition) is 3. The van der Waals surface area contributed by atoms with Crippen LogP contribution in [-0.4, -0.2) is 0 Å². The lowest BCUT2D eigenvalue weighted by atomic mass is 9.87. The molecule has 14 heavy (non-hydrogen) atoms. The van der Waals surface area contributed by atoms with E-state index >= 15 is 0 Å². The molecule has 1 rings (SSSR count). The van der Waals surface area contributed by atoms with E-state index in [2.05, 4.69) is 42.1 Å². The maximum atomic E-state index is 5.51. The molecule has 0 fully saturated rings. The van der Waals surface area contributed by atoms with Crippen molar-refractivity contribution in [2.75, 3.05) is 0 Å². The molecular formula is C10H17BrN2O. The normalized spacial score (nSPS) is 14.4. The first-order valence-electron chi connectivity index (χ1n) is 4.63. The van der Waals surface area contributed by atoms with Crippen LogP contribution in [0.1, 0.15) is 39.0 Å². The summed E-state index contributed by atoms with van der Waals surface area (Å²) in [6, 6.07) is 1.93. The van der Waals surface area contributed by atoms with E-state index in [-0.39, 0.29) is 11.5 Å². The Hall–Kier alpha value is -0.320. The molecule has 0 bridgehead atoms. The number of halogens is 1. The van der Waals surface area contributed by atoms with Crippen molar-refractivity contribution in [3.8, 4) is 0 Å². The van der Waals surface area contributed by atoms with E-state index < -0.39 is 0 Å². The summed E-state index contributed by atoms with van der Waals surface area (Å²) in [5.41, 5.74) is 2.99. The van der Waals surface area contributed by atoms with Gasteiger partial charge in [-0.05, 0) is 33.8 Å². The van der Waals surface area contributed by atoms with Gasteiger partial charge in [-0.3, -0.25) is 5.84 Å². The zero-order valence-electron chi connectivity index (χ0n) is 8.80. The highest BCUT2D eigenvalue weighted by Gasteiger charge is 2.23. The van der Waals surface area contributed by atoms with E-state index in [1.165, 1.54) is 0 Å². The van der Waals surface area contributed by atoms with Crippen LogP contribution in [0.2, 0.25) is 0 Å². The molecule has 0 aliphatic rings. The fraction of sp³-hybridized carbons (Fsp3) is 0.600. The maximum Gasteiger partial charge on any atom is 0.136 e. The Morgan fingerprint density at radius 1 is 1.57 bits per heavy atom. The Labute approximate surface area is 93.1 Å². The van der Waals surface area contributed by atoms with E-state index in [0.717, 1.165) is 16.7 Å². The molecule has 3 nitrogen and oxygen atoms in total. The van der Waals surface area contributed by atoms with Crippen molar-refractivity contribution in [1.82, 2.24) is 5.43 Å². The summed E-state index contributed by atoms with van der Waals surface area (Å²) in [6.07, 6.45) is 2.59. The van der Waals surface area contributed by atoms with E-state index in [1.54, 1.807) is 6.26 Å². The standard InChI is InChI=1S/C10H17BrN2O/c1-10(2,3)6-8(13-12)9-7(11)4-5-14-9/h4-5,8,13H,6,12H2,1-3H3. The summed E-state index contributed by atoms with van der Waals surface area (Å²) in [4.78, 5) is 0. The average molecular weight is 261 g/mol. The van der Waals surface area contributed by atoms with Gasteiger partial charge in [0.05, 0.1) is 16.8 Å². The van der Waals surface area contributed by atoms with Gasteiger partial charge in [-0.1, -0.05) is 20.8 Å². The molecule has 1 aromatic heterocycles. The van der Waals surface area contributed by atoms with Crippen LogP contribution in [0.25, 0.3) is 0 Å². The SMILES string of the molecule is CC(C)(C)CC(NN)c1occc1Br. The average Bonchev–Trinajstić information content (AvgIpc) is 2.45. The highest BCUT2D eigenvalue weighted by Crippen LogP contribution is 2.32. The lowest BCUT2D eigenvalue weighted by Crippen LogP contribution is -2.31. The number of hydrogen-bond donors (Lipinski definition) is 2. The van der Waals surface area contributed by atoms with Crippen molar-refractivity contribution in [1.29, 1.82) is 0 Å². The quantitative estimate of drug-likeness (QED) is 0.649. The van der Waals surface area contributed by atoms with Crippen LogP contribution in [0.3, 0.4) is 0 Å². The molecule has 1 aromatic rings. The van der Waals surface area contributed by atoms with Gasteiger partial charge in [0.2, 0.25) is 0 Å². The Morgan fingerprint density at radius 3 is 2.57 bits per heavy atom. The van der Waals surface area contributed by atoms with E-state index in [1.807, 2.05) is 6.07 Å². The summed E-state index contributed by atoms with van der Waals surface area (Å²) < 4.78 is 6.34. The van der Waals surface area contributed by atoms with Gasteiger partial charge in [0, 0.05) is 0 Å². The molecule has 0 saturated heterocycles. The summed E-state index contributed by atoms with van der Waals surface area (Å²) in [5, 5.41) is 0. The van der Waals surface area contributed by atoms with Crippen molar-refractivity contribution in [3.63, 3.8) is 0 Å². The minimum atomic E-state index is 0.0550. The van der Waals surface area contributed by atoms with Gasteiger partial charge < -0.3 is 4.42 Å². The highest BCUT2D eigenvalue weighted by atomic mass is 79.9. The van der Waals surface area contributed by atoms with Gasteiger partial charge in [-0.2, -0.15) is 0 Å². The first-order chi connectivity index (χ1) is 6.44. The van der Waals surface area contributed by atoms with Crippen LogP contribution in [0.15, 0.2) is 21.2 Å². The smallest absolute Gasteiger partial charge is 0.136 e. The van der Waals surface area contributed by atoms with Crippen molar-refractivity contribution in [2.24, 2.45) is 11.3 Å². The second kappa shape index (κ2) is 4.47. The number of nitrogens with one attached hydrogen (secondary N) is 1. The first kappa shape index (κ1) is 11.8. The molecule has 80 valence electrons. The fourth-order valence-corrected chi connectivity index (χ4v) is 1.87. The largest absolute Gasteiger partial charge is 0.466 e. The molecule has 3 N–H and O–H groups in total. The zero-order chi connectivity index (χ0) is 10.8. The summed E-state index contributed by atoms with van der Waals surface area (Å²) in [7, 11) is 0. The maximum absolute atomic E-state index is 5.51. The minimum Gasteiger partial charge on any atom is -0.466 e. The molecule has 0 spiro atoms. The molecule has 0 saturated carbocycles. The fourth-order valence-electron chi connectivity index (χ4n) is 1.39. The Balaban J connectivity index is 2.78. The second-order valence-electron chi connectivity index (χ2n) is 4.62. The lowest BCUT2D eigenvalue weighted by molar-refractivity contribution is 0.284. The zero-order valence-corrected chi connectivity index (χ0v) is 10.4. The molecule has 1 heterocycles. The number of hydrazine groups is 1. The number of nitrogens with two attached hydrogens (primary N) is 1. The molecule has 0 aliphatic carbocycles. The van der Waals surface area contributed by atoms with Crippen molar-refractivity contribution < 1.29 is 4.42 Å². The number of furan rings is 1. The molecule has 0 aliphatic heterocycles. The van der Waals surface area contributed by atoms with Crippen LogP contribution in [0, 0.1) is 5.41 Å². The van der Waals surface area contributed by atoms with Gasteiger partial charge in [-0.15, -0.1) is 0 Å². The van der Waals surface area contributed by atoms with E-state index in [0.29, 0.717) is 0 Å². The minimum absolute atomic E-state index is 0.0550. The van der Waals surface area contributed by atoms with Crippen LogP contribution in [0.5, 0.6) is 0 Å². The third-order valence-electron chi connectivity index (χ3n) is 1.98. The van der Waals surface area contributed by atoms with Crippen LogP contribution < -0.4 is 11.3 Å². The van der Waals surface area contributed by atoms with Gasteiger partial charge >= 0.3 is 0 Å². The number of rotatable bonds is 3. The second-order valence-corrected chi connectivity index (χ2v) is 5.47. The topological polar surface area (TPSA) is 51.2 Å². The third-order valence-corrected chi connectivity index (χ3v) is 2.63. The molecule has 0 radical (unpaired) electrons. The Kier molecular flexibility index (Phi) is 3.75.